The van der Waals surface area contributed by atoms with Gasteiger partial charge in [-0.15, -0.1) is 0 Å². The van der Waals surface area contributed by atoms with E-state index in [1.807, 2.05) is 30.3 Å². The van der Waals surface area contributed by atoms with Crippen LogP contribution >= 0.6 is 11.6 Å². The number of esters is 1. The van der Waals surface area contributed by atoms with E-state index in [1.54, 1.807) is 72.8 Å². The number of hydrogen-bond acceptors (Lipinski definition) is 6. The largest absolute Gasteiger partial charge is 0.489 e. The molecule has 4 rings (SSSR count). The zero-order chi connectivity index (χ0) is 25.9. The van der Waals surface area contributed by atoms with Crippen LogP contribution in [-0.4, -0.2) is 24.7 Å². The molecule has 8 heteroatoms. The van der Waals surface area contributed by atoms with Crippen LogP contribution in [-0.2, 0) is 11.4 Å². The van der Waals surface area contributed by atoms with Gasteiger partial charge in [0, 0.05) is 5.02 Å². The molecule has 1 amide bonds. The van der Waals surface area contributed by atoms with Gasteiger partial charge in [-0.2, -0.15) is 5.10 Å². The van der Waals surface area contributed by atoms with E-state index >= 15 is 0 Å². The summed E-state index contributed by atoms with van der Waals surface area (Å²) in [6, 6.07) is 30.0. The fourth-order valence-corrected chi connectivity index (χ4v) is 3.27. The molecule has 0 aliphatic heterocycles. The van der Waals surface area contributed by atoms with Crippen LogP contribution in [0.4, 0.5) is 0 Å². The monoisotopic (exact) mass is 514 g/mol. The zero-order valence-electron chi connectivity index (χ0n) is 19.7. The van der Waals surface area contributed by atoms with Crippen LogP contribution in [0.5, 0.6) is 17.2 Å². The lowest BCUT2D eigenvalue weighted by Gasteiger charge is -2.08. The van der Waals surface area contributed by atoms with Crippen molar-refractivity contribution in [2.45, 2.75) is 6.61 Å². The van der Waals surface area contributed by atoms with Gasteiger partial charge < -0.3 is 14.2 Å². The highest BCUT2D eigenvalue weighted by atomic mass is 35.5. The Hall–Kier alpha value is -4.62. The van der Waals surface area contributed by atoms with Gasteiger partial charge in [0.05, 0.1) is 11.8 Å². The minimum atomic E-state index is -0.507. The fourth-order valence-electron chi connectivity index (χ4n) is 3.14. The lowest BCUT2D eigenvalue weighted by Crippen LogP contribution is -2.24. The van der Waals surface area contributed by atoms with E-state index in [9.17, 15) is 9.59 Å². The van der Waals surface area contributed by atoms with Crippen molar-refractivity contribution in [3.8, 4) is 17.2 Å². The summed E-state index contributed by atoms with van der Waals surface area (Å²) < 4.78 is 16.6. The van der Waals surface area contributed by atoms with Crippen molar-refractivity contribution in [1.82, 2.24) is 5.43 Å². The van der Waals surface area contributed by atoms with Crippen molar-refractivity contribution in [2.75, 3.05) is 6.61 Å². The zero-order valence-corrected chi connectivity index (χ0v) is 20.4. The minimum absolute atomic E-state index is 0.208. The Labute approximate surface area is 219 Å². The molecule has 0 atom stereocenters. The average molecular weight is 515 g/mol. The fraction of sp³-hybridized carbons (Fsp3) is 0.0690. The second kappa shape index (κ2) is 12.9. The Morgan fingerprint density at radius 3 is 2.22 bits per heavy atom. The van der Waals surface area contributed by atoms with E-state index in [2.05, 4.69) is 10.5 Å². The van der Waals surface area contributed by atoms with Gasteiger partial charge in [0.25, 0.3) is 5.91 Å². The molecule has 4 aromatic rings. The maximum absolute atomic E-state index is 12.3. The first-order valence-corrected chi connectivity index (χ1v) is 11.7. The van der Waals surface area contributed by atoms with Crippen molar-refractivity contribution >= 4 is 29.7 Å². The first-order chi connectivity index (χ1) is 18.0. The highest BCUT2D eigenvalue weighted by Gasteiger charge is 2.09. The molecule has 0 bridgehead atoms. The number of amides is 1. The highest BCUT2D eigenvalue weighted by Crippen LogP contribution is 2.19. The molecule has 0 unspecified atom stereocenters. The number of carbonyl (C=O) groups is 2. The highest BCUT2D eigenvalue weighted by molar-refractivity contribution is 6.30. The predicted molar refractivity (Wildman–Crippen MR) is 141 cm³/mol. The molecule has 0 saturated carbocycles. The summed E-state index contributed by atoms with van der Waals surface area (Å²) in [4.78, 5) is 24.3. The summed E-state index contributed by atoms with van der Waals surface area (Å²) in [6.45, 7) is 0.259. The first-order valence-electron chi connectivity index (χ1n) is 11.3. The first kappa shape index (κ1) is 25.5. The number of rotatable bonds is 10. The normalized spacial score (nSPS) is 10.6. The number of ether oxygens (including phenoxy) is 3. The molecule has 4 aromatic carbocycles. The second-order valence-electron chi connectivity index (χ2n) is 7.80. The summed E-state index contributed by atoms with van der Waals surface area (Å²) in [6.07, 6.45) is 1.44. The number of hydrogen-bond donors (Lipinski definition) is 1. The topological polar surface area (TPSA) is 86.2 Å². The van der Waals surface area contributed by atoms with Crippen molar-refractivity contribution in [3.05, 3.63) is 125 Å². The van der Waals surface area contributed by atoms with Crippen LogP contribution in [0.3, 0.4) is 0 Å². The maximum Gasteiger partial charge on any atom is 0.343 e. The van der Waals surface area contributed by atoms with Crippen molar-refractivity contribution in [1.29, 1.82) is 0 Å². The Morgan fingerprint density at radius 2 is 1.49 bits per heavy atom. The van der Waals surface area contributed by atoms with Gasteiger partial charge in [0.2, 0.25) is 0 Å². The molecule has 0 radical (unpaired) electrons. The van der Waals surface area contributed by atoms with Gasteiger partial charge >= 0.3 is 5.97 Å². The van der Waals surface area contributed by atoms with E-state index in [0.29, 0.717) is 40.0 Å². The summed E-state index contributed by atoms with van der Waals surface area (Å²) in [5.41, 5.74) is 4.49. The predicted octanol–water partition coefficient (Wildman–Crippen LogP) is 5.67. The Balaban J connectivity index is 1.21. The number of halogens is 1. The van der Waals surface area contributed by atoms with Crippen LogP contribution in [0.25, 0.3) is 0 Å². The van der Waals surface area contributed by atoms with E-state index < -0.39 is 11.9 Å². The van der Waals surface area contributed by atoms with E-state index in [-0.39, 0.29) is 6.61 Å². The smallest absolute Gasteiger partial charge is 0.343 e. The number of hydrazone groups is 1. The lowest BCUT2D eigenvalue weighted by molar-refractivity contribution is -0.123. The van der Waals surface area contributed by atoms with Gasteiger partial charge in [-0.05, 0) is 71.8 Å². The van der Waals surface area contributed by atoms with Crippen LogP contribution in [0.1, 0.15) is 21.5 Å². The van der Waals surface area contributed by atoms with E-state index in [0.717, 1.165) is 5.56 Å². The number of nitrogens with zero attached hydrogens (tertiary/aromatic N) is 1. The van der Waals surface area contributed by atoms with Crippen LogP contribution in [0.2, 0.25) is 5.02 Å². The molecule has 7 nitrogen and oxygen atoms in total. The molecule has 37 heavy (non-hydrogen) atoms. The average Bonchev–Trinajstić information content (AvgIpc) is 2.92. The SMILES string of the molecule is O=C(COc1ccc(OCc2ccccc2)cc1)N/N=C\c1cccc(OC(=O)c2ccc(Cl)cc2)c1. The third kappa shape index (κ3) is 8.23. The van der Waals surface area contributed by atoms with Crippen molar-refractivity contribution < 1.29 is 23.8 Å². The summed E-state index contributed by atoms with van der Waals surface area (Å²) in [7, 11) is 0. The third-order valence-corrected chi connectivity index (χ3v) is 5.25. The molecule has 186 valence electrons. The molecule has 0 aliphatic carbocycles. The molecule has 0 aliphatic rings. The molecule has 0 spiro atoms. The summed E-state index contributed by atoms with van der Waals surface area (Å²) in [5, 5.41) is 4.46. The van der Waals surface area contributed by atoms with Crippen LogP contribution < -0.4 is 19.6 Å². The van der Waals surface area contributed by atoms with Crippen LogP contribution in [0.15, 0.2) is 108 Å². The van der Waals surface area contributed by atoms with Gasteiger partial charge in [-0.25, -0.2) is 10.2 Å². The molecule has 0 heterocycles. The van der Waals surface area contributed by atoms with Crippen molar-refractivity contribution in [3.63, 3.8) is 0 Å². The number of carbonyl (C=O) groups excluding carboxylic acids is 2. The third-order valence-electron chi connectivity index (χ3n) is 4.99. The Bertz CT molecular complexity index is 1360. The molecule has 0 fully saturated rings. The summed E-state index contributed by atoms with van der Waals surface area (Å²) >= 11 is 5.84. The second-order valence-corrected chi connectivity index (χ2v) is 8.23. The van der Waals surface area contributed by atoms with Crippen molar-refractivity contribution in [2.24, 2.45) is 5.10 Å². The summed E-state index contributed by atoms with van der Waals surface area (Å²) in [5.74, 6) is 0.639. The minimum Gasteiger partial charge on any atom is -0.489 e. The molecular weight excluding hydrogens is 492 g/mol. The van der Waals surface area contributed by atoms with Gasteiger partial charge in [-0.1, -0.05) is 54.1 Å². The lowest BCUT2D eigenvalue weighted by atomic mass is 10.2. The van der Waals surface area contributed by atoms with E-state index in [4.69, 9.17) is 25.8 Å². The van der Waals surface area contributed by atoms with Gasteiger partial charge in [0.15, 0.2) is 6.61 Å². The van der Waals surface area contributed by atoms with Crippen LogP contribution in [0, 0.1) is 0 Å². The number of nitrogens with one attached hydrogen (secondary N) is 1. The maximum atomic E-state index is 12.3. The molecular formula is C29H23ClN2O5. The Kier molecular flexibility index (Phi) is 8.88. The quantitative estimate of drug-likeness (QED) is 0.128. The molecule has 0 saturated heterocycles. The molecule has 1 N–H and O–H groups in total. The standard InChI is InChI=1S/C29H23ClN2O5/c30-24-11-9-23(10-12-24)29(34)37-27-8-4-7-22(17-27)18-31-32-28(33)20-36-26-15-13-25(14-16-26)35-19-21-5-2-1-3-6-21/h1-18H,19-20H2,(H,32,33)/b31-18-. The Morgan fingerprint density at radius 1 is 0.784 bits per heavy atom. The van der Waals surface area contributed by atoms with E-state index in [1.165, 1.54) is 6.21 Å². The van der Waals surface area contributed by atoms with Gasteiger partial charge in [0.1, 0.15) is 23.9 Å². The molecule has 0 aromatic heterocycles. The number of benzene rings is 4. The van der Waals surface area contributed by atoms with Gasteiger partial charge in [-0.3, -0.25) is 4.79 Å².